The molecule has 0 radical (unpaired) electrons. The van der Waals surface area contributed by atoms with Crippen LogP contribution in [0.2, 0.25) is 0 Å². The highest BCUT2D eigenvalue weighted by molar-refractivity contribution is 5.00. The molecule has 17 heavy (non-hydrogen) atoms. The van der Waals surface area contributed by atoms with E-state index in [-0.39, 0.29) is 0 Å². The van der Waals surface area contributed by atoms with Crippen molar-refractivity contribution >= 4 is 0 Å². The van der Waals surface area contributed by atoms with Gasteiger partial charge in [-0.15, -0.1) is 0 Å². The number of likely N-dealkylation sites (tertiary alicyclic amines) is 1. The first-order valence-corrected chi connectivity index (χ1v) is 6.53. The standard InChI is InChI=1S/C13H26N4/c1-13(15,11-14)7-4-5-8-17-9-6-12(10-17)16(2)3/h12H,4-10,15H2,1-3H3. The first-order chi connectivity index (χ1) is 7.94. The fraction of sp³-hybridized carbons (Fsp3) is 0.923. The van der Waals surface area contributed by atoms with Crippen LogP contribution in [0.1, 0.15) is 32.6 Å². The average Bonchev–Trinajstić information content (AvgIpc) is 2.73. The van der Waals surface area contributed by atoms with Crippen LogP contribution in [0.4, 0.5) is 0 Å². The van der Waals surface area contributed by atoms with Crippen LogP contribution in [-0.2, 0) is 0 Å². The predicted molar refractivity (Wildman–Crippen MR) is 70.6 cm³/mol. The van der Waals surface area contributed by atoms with Gasteiger partial charge in [-0.1, -0.05) is 0 Å². The molecule has 1 heterocycles. The maximum absolute atomic E-state index is 8.81. The molecule has 1 aliphatic rings. The van der Waals surface area contributed by atoms with Crippen molar-refractivity contribution in [2.75, 3.05) is 33.7 Å². The topological polar surface area (TPSA) is 56.3 Å². The Morgan fingerprint density at radius 3 is 2.71 bits per heavy atom. The summed E-state index contributed by atoms with van der Waals surface area (Å²) in [7, 11) is 4.31. The van der Waals surface area contributed by atoms with Crippen LogP contribution in [0, 0.1) is 11.3 Å². The Morgan fingerprint density at radius 2 is 2.18 bits per heavy atom. The molecule has 1 fully saturated rings. The molecule has 1 saturated heterocycles. The molecule has 1 rings (SSSR count). The SMILES string of the molecule is CN(C)C1CCN(CCCCC(C)(N)C#N)C1. The van der Waals surface area contributed by atoms with E-state index < -0.39 is 5.54 Å². The summed E-state index contributed by atoms with van der Waals surface area (Å²) in [5, 5.41) is 8.81. The number of nitrogens with two attached hydrogens (primary N) is 1. The van der Waals surface area contributed by atoms with E-state index in [1.165, 1.54) is 19.5 Å². The third-order valence-electron chi connectivity index (χ3n) is 3.65. The molecule has 2 unspecified atom stereocenters. The van der Waals surface area contributed by atoms with Crippen LogP contribution in [0.15, 0.2) is 0 Å². The average molecular weight is 238 g/mol. The van der Waals surface area contributed by atoms with Gasteiger partial charge in [0.25, 0.3) is 0 Å². The normalized spacial score (nSPS) is 24.8. The Bertz CT molecular complexity index is 267. The van der Waals surface area contributed by atoms with E-state index in [9.17, 15) is 0 Å². The van der Waals surface area contributed by atoms with Gasteiger partial charge >= 0.3 is 0 Å². The molecule has 0 aliphatic carbocycles. The lowest BCUT2D eigenvalue weighted by atomic mass is 9.98. The Hall–Kier alpha value is -0.630. The highest BCUT2D eigenvalue weighted by Crippen LogP contribution is 2.15. The summed E-state index contributed by atoms with van der Waals surface area (Å²) in [5.41, 5.74) is 5.15. The maximum atomic E-state index is 8.81. The van der Waals surface area contributed by atoms with Crippen LogP contribution in [0.25, 0.3) is 0 Å². The van der Waals surface area contributed by atoms with Gasteiger partial charge in [0.05, 0.1) is 6.07 Å². The van der Waals surface area contributed by atoms with Gasteiger partial charge in [0.2, 0.25) is 0 Å². The Morgan fingerprint density at radius 1 is 1.47 bits per heavy atom. The molecule has 0 spiro atoms. The van der Waals surface area contributed by atoms with Crippen molar-refractivity contribution in [1.29, 1.82) is 5.26 Å². The molecule has 98 valence electrons. The van der Waals surface area contributed by atoms with E-state index in [1.54, 1.807) is 0 Å². The molecule has 0 amide bonds. The highest BCUT2D eigenvalue weighted by Gasteiger charge is 2.23. The first kappa shape index (κ1) is 14.4. The minimum Gasteiger partial charge on any atom is -0.314 e. The molecule has 0 aromatic heterocycles. The summed E-state index contributed by atoms with van der Waals surface area (Å²) >= 11 is 0. The van der Waals surface area contributed by atoms with Crippen molar-refractivity contribution in [2.24, 2.45) is 5.73 Å². The van der Waals surface area contributed by atoms with Crippen LogP contribution >= 0.6 is 0 Å². The van der Waals surface area contributed by atoms with Gasteiger partial charge in [-0.2, -0.15) is 5.26 Å². The number of unbranched alkanes of at least 4 members (excludes halogenated alkanes) is 1. The van der Waals surface area contributed by atoms with E-state index in [0.717, 1.165) is 25.8 Å². The second kappa shape index (κ2) is 6.34. The summed E-state index contributed by atoms with van der Waals surface area (Å²) < 4.78 is 0. The monoisotopic (exact) mass is 238 g/mol. The van der Waals surface area contributed by atoms with Gasteiger partial charge in [0.1, 0.15) is 5.54 Å². The second-order valence-corrected chi connectivity index (χ2v) is 5.69. The van der Waals surface area contributed by atoms with Gasteiger partial charge in [0, 0.05) is 12.6 Å². The van der Waals surface area contributed by atoms with Gasteiger partial charge < -0.3 is 15.5 Å². The minimum absolute atomic E-state index is 0.642. The van der Waals surface area contributed by atoms with Crippen molar-refractivity contribution in [2.45, 2.75) is 44.2 Å². The molecule has 0 bridgehead atoms. The summed E-state index contributed by atoms with van der Waals surface area (Å²) in [6, 6.07) is 2.87. The van der Waals surface area contributed by atoms with Crippen molar-refractivity contribution in [1.82, 2.24) is 9.80 Å². The van der Waals surface area contributed by atoms with Crippen molar-refractivity contribution < 1.29 is 0 Å². The first-order valence-electron chi connectivity index (χ1n) is 6.53. The fourth-order valence-electron chi connectivity index (χ4n) is 2.32. The van der Waals surface area contributed by atoms with E-state index in [4.69, 9.17) is 11.0 Å². The quantitative estimate of drug-likeness (QED) is 0.702. The summed E-state index contributed by atoms with van der Waals surface area (Å²) in [6.07, 6.45) is 4.27. The molecule has 1 aliphatic heterocycles. The molecule has 2 atom stereocenters. The minimum atomic E-state index is -0.642. The van der Waals surface area contributed by atoms with Crippen molar-refractivity contribution in [3.05, 3.63) is 0 Å². The van der Waals surface area contributed by atoms with Crippen LogP contribution in [0.5, 0.6) is 0 Å². The number of nitriles is 1. The number of hydrogen-bond donors (Lipinski definition) is 1. The molecule has 0 saturated carbocycles. The van der Waals surface area contributed by atoms with E-state index >= 15 is 0 Å². The van der Waals surface area contributed by atoms with Crippen LogP contribution < -0.4 is 5.73 Å². The molecular formula is C13H26N4. The Labute approximate surface area is 105 Å². The molecule has 0 aromatic rings. The van der Waals surface area contributed by atoms with Gasteiger partial charge in [-0.05, 0) is 59.8 Å². The lowest BCUT2D eigenvalue weighted by Crippen LogP contribution is -2.34. The molecule has 4 heteroatoms. The smallest absolute Gasteiger partial charge is 0.101 e. The van der Waals surface area contributed by atoms with Gasteiger partial charge in [-0.3, -0.25) is 0 Å². The third-order valence-corrected chi connectivity index (χ3v) is 3.65. The summed E-state index contributed by atoms with van der Waals surface area (Å²) in [6.45, 7) is 5.35. The molecule has 2 N–H and O–H groups in total. The Kier molecular flexibility index (Phi) is 5.38. The molecule has 0 aromatic carbocycles. The van der Waals surface area contributed by atoms with Crippen LogP contribution in [-0.4, -0.2) is 55.1 Å². The number of likely N-dealkylation sites (N-methyl/N-ethyl adjacent to an activating group) is 1. The second-order valence-electron chi connectivity index (χ2n) is 5.69. The zero-order valence-electron chi connectivity index (χ0n) is 11.4. The zero-order valence-corrected chi connectivity index (χ0v) is 11.4. The largest absolute Gasteiger partial charge is 0.314 e. The number of hydrogen-bond acceptors (Lipinski definition) is 4. The van der Waals surface area contributed by atoms with Gasteiger partial charge in [-0.25, -0.2) is 0 Å². The molecular weight excluding hydrogens is 212 g/mol. The molecule has 4 nitrogen and oxygen atoms in total. The lowest BCUT2D eigenvalue weighted by molar-refractivity contribution is 0.264. The van der Waals surface area contributed by atoms with E-state index in [2.05, 4.69) is 30.0 Å². The van der Waals surface area contributed by atoms with E-state index in [1.807, 2.05) is 6.92 Å². The van der Waals surface area contributed by atoms with E-state index in [0.29, 0.717) is 6.04 Å². The van der Waals surface area contributed by atoms with Gasteiger partial charge in [0.15, 0.2) is 0 Å². The third kappa shape index (κ3) is 5.03. The maximum Gasteiger partial charge on any atom is 0.101 e. The summed E-state index contributed by atoms with van der Waals surface area (Å²) in [5.74, 6) is 0. The predicted octanol–water partition coefficient (Wildman–Crippen LogP) is 1.03. The van der Waals surface area contributed by atoms with Crippen molar-refractivity contribution in [3.63, 3.8) is 0 Å². The highest BCUT2D eigenvalue weighted by atomic mass is 15.2. The fourth-order valence-corrected chi connectivity index (χ4v) is 2.32. The van der Waals surface area contributed by atoms with Crippen LogP contribution in [0.3, 0.4) is 0 Å². The Balaban J connectivity index is 2.11. The zero-order chi connectivity index (χ0) is 12.9. The number of rotatable bonds is 6. The number of nitrogens with zero attached hydrogens (tertiary/aromatic N) is 3. The van der Waals surface area contributed by atoms with Crippen molar-refractivity contribution in [3.8, 4) is 6.07 Å². The lowest BCUT2D eigenvalue weighted by Gasteiger charge is -2.21. The summed E-state index contributed by atoms with van der Waals surface area (Å²) in [4.78, 5) is 4.83.